The minimum atomic E-state index is -3.75. The molecule has 0 radical (unpaired) electrons. The minimum Gasteiger partial charge on any atom is -0.462 e. The van der Waals surface area contributed by atoms with Crippen molar-refractivity contribution >= 4 is 32.6 Å². The van der Waals surface area contributed by atoms with Crippen molar-refractivity contribution in [2.45, 2.75) is 25.7 Å². The Labute approximate surface area is 151 Å². The lowest BCUT2D eigenvalue weighted by Crippen LogP contribution is -2.14. The Bertz CT molecular complexity index is 1080. The number of carbonyl (C=O) groups is 1. The number of carbonyl (C=O) groups excluding carboxylic acids is 1. The molecule has 0 spiro atoms. The summed E-state index contributed by atoms with van der Waals surface area (Å²) in [5.41, 5.74) is 1.78. The fourth-order valence-electron chi connectivity index (χ4n) is 2.81. The molecular weight excluding hydrogens is 354 g/mol. The molecule has 0 saturated carbocycles. The van der Waals surface area contributed by atoms with E-state index < -0.39 is 16.0 Å². The van der Waals surface area contributed by atoms with Crippen LogP contribution in [0.25, 0.3) is 11.0 Å². The SMILES string of the molecule is CCOC(=O)c1c(C)oc2ccc(NS(=O)(=O)c3ccccc3C)cc12. The molecule has 1 heterocycles. The van der Waals surface area contributed by atoms with Crippen LogP contribution in [0.2, 0.25) is 0 Å². The molecule has 2 aromatic carbocycles. The molecule has 136 valence electrons. The highest BCUT2D eigenvalue weighted by Gasteiger charge is 2.21. The smallest absolute Gasteiger partial charge is 0.342 e. The number of aryl methyl sites for hydroxylation is 2. The summed E-state index contributed by atoms with van der Waals surface area (Å²) in [6.45, 7) is 5.36. The van der Waals surface area contributed by atoms with Crippen molar-refractivity contribution in [3.63, 3.8) is 0 Å². The highest BCUT2D eigenvalue weighted by molar-refractivity contribution is 7.92. The van der Waals surface area contributed by atoms with E-state index in [1.54, 1.807) is 63.2 Å². The monoisotopic (exact) mass is 373 g/mol. The predicted octanol–water partition coefficient (Wildman–Crippen LogP) is 4.03. The molecule has 7 heteroatoms. The van der Waals surface area contributed by atoms with Crippen molar-refractivity contribution in [2.24, 2.45) is 0 Å². The normalized spacial score (nSPS) is 11.5. The van der Waals surface area contributed by atoms with Gasteiger partial charge in [0.05, 0.1) is 11.5 Å². The third-order valence-corrected chi connectivity index (χ3v) is 5.52. The third kappa shape index (κ3) is 3.30. The van der Waals surface area contributed by atoms with Crippen LogP contribution >= 0.6 is 0 Å². The number of fused-ring (bicyclic) bond motifs is 1. The van der Waals surface area contributed by atoms with E-state index in [9.17, 15) is 13.2 Å². The zero-order valence-electron chi connectivity index (χ0n) is 14.7. The summed E-state index contributed by atoms with van der Waals surface area (Å²) in [5.74, 6) is -0.0694. The maximum Gasteiger partial charge on any atom is 0.342 e. The molecule has 1 aromatic heterocycles. The Morgan fingerprint density at radius 2 is 1.88 bits per heavy atom. The van der Waals surface area contributed by atoms with Crippen molar-refractivity contribution in [1.29, 1.82) is 0 Å². The molecule has 0 aliphatic carbocycles. The van der Waals surface area contributed by atoms with Crippen molar-refractivity contribution in [3.8, 4) is 0 Å². The van der Waals surface area contributed by atoms with Crippen molar-refractivity contribution in [3.05, 3.63) is 59.4 Å². The number of sulfonamides is 1. The molecule has 0 amide bonds. The molecule has 0 atom stereocenters. The van der Waals surface area contributed by atoms with Gasteiger partial charge in [0.1, 0.15) is 16.9 Å². The highest BCUT2D eigenvalue weighted by Crippen LogP contribution is 2.30. The van der Waals surface area contributed by atoms with Gasteiger partial charge in [-0.05, 0) is 50.6 Å². The number of anilines is 1. The zero-order valence-corrected chi connectivity index (χ0v) is 15.5. The minimum absolute atomic E-state index is 0.203. The molecule has 26 heavy (non-hydrogen) atoms. The molecule has 6 nitrogen and oxygen atoms in total. The van der Waals surface area contributed by atoms with Gasteiger partial charge < -0.3 is 9.15 Å². The number of benzene rings is 2. The van der Waals surface area contributed by atoms with Crippen LogP contribution in [-0.2, 0) is 14.8 Å². The summed E-state index contributed by atoms with van der Waals surface area (Å²) in [4.78, 5) is 12.4. The van der Waals surface area contributed by atoms with E-state index in [4.69, 9.17) is 9.15 Å². The molecule has 0 saturated heterocycles. The summed E-state index contributed by atoms with van der Waals surface area (Å²) in [5, 5.41) is 0.505. The molecular formula is C19H19NO5S. The number of nitrogens with one attached hydrogen (secondary N) is 1. The Kier molecular flexibility index (Phi) is 4.73. The fraction of sp³-hybridized carbons (Fsp3) is 0.211. The van der Waals surface area contributed by atoms with Gasteiger partial charge in [-0.3, -0.25) is 4.72 Å². The van der Waals surface area contributed by atoms with Crippen LogP contribution in [0, 0.1) is 13.8 Å². The number of ether oxygens (including phenoxy) is 1. The molecule has 0 aliphatic heterocycles. The van der Waals surface area contributed by atoms with Gasteiger partial charge in [-0.1, -0.05) is 18.2 Å². The number of furan rings is 1. The van der Waals surface area contributed by atoms with Gasteiger partial charge in [0.2, 0.25) is 0 Å². The first kappa shape index (κ1) is 18.0. The summed E-state index contributed by atoms with van der Waals surface area (Å²) < 4.78 is 38.5. The van der Waals surface area contributed by atoms with Crippen LogP contribution < -0.4 is 4.72 Å². The topological polar surface area (TPSA) is 85.6 Å². The lowest BCUT2D eigenvalue weighted by atomic mass is 10.1. The molecule has 3 rings (SSSR count). The van der Waals surface area contributed by atoms with E-state index in [0.717, 1.165) is 0 Å². The maximum absolute atomic E-state index is 12.7. The van der Waals surface area contributed by atoms with Crippen LogP contribution in [0.15, 0.2) is 51.8 Å². The second-order valence-electron chi connectivity index (χ2n) is 5.84. The second-order valence-corrected chi connectivity index (χ2v) is 7.49. The Morgan fingerprint density at radius 3 is 2.58 bits per heavy atom. The molecule has 3 aromatic rings. The van der Waals surface area contributed by atoms with Crippen molar-refractivity contribution < 1.29 is 22.4 Å². The molecule has 0 fully saturated rings. The Hall–Kier alpha value is -2.80. The van der Waals surface area contributed by atoms with E-state index in [1.807, 2.05) is 0 Å². The Morgan fingerprint density at radius 1 is 1.15 bits per heavy atom. The first-order valence-corrected chi connectivity index (χ1v) is 9.60. The summed E-state index contributed by atoms with van der Waals surface area (Å²) in [6.07, 6.45) is 0. The third-order valence-electron chi connectivity index (χ3n) is 3.98. The van der Waals surface area contributed by atoms with E-state index >= 15 is 0 Å². The molecule has 0 aliphatic rings. The second kappa shape index (κ2) is 6.84. The van der Waals surface area contributed by atoms with Gasteiger partial charge >= 0.3 is 5.97 Å². The largest absolute Gasteiger partial charge is 0.462 e. The van der Waals surface area contributed by atoms with Gasteiger partial charge in [-0.2, -0.15) is 0 Å². The fourth-order valence-corrected chi connectivity index (χ4v) is 4.11. The zero-order chi connectivity index (χ0) is 18.9. The maximum atomic E-state index is 12.7. The van der Waals surface area contributed by atoms with Crippen molar-refractivity contribution in [2.75, 3.05) is 11.3 Å². The number of hydrogen-bond donors (Lipinski definition) is 1. The molecule has 1 N–H and O–H groups in total. The summed E-state index contributed by atoms with van der Waals surface area (Å²) >= 11 is 0. The van der Waals surface area contributed by atoms with Gasteiger partial charge in [0.15, 0.2) is 0 Å². The summed E-state index contributed by atoms with van der Waals surface area (Å²) in [6, 6.07) is 11.5. The molecule has 0 bridgehead atoms. The van der Waals surface area contributed by atoms with Gasteiger partial charge in [0, 0.05) is 11.1 Å². The standard InChI is InChI=1S/C19H19NO5S/c1-4-24-19(21)18-13(3)25-16-10-9-14(11-15(16)18)20-26(22,23)17-8-6-5-7-12(17)2/h5-11,20H,4H2,1-3H3. The van der Waals surface area contributed by atoms with Crippen LogP contribution in [0.1, 0.15) is 28.6 Å². The highest BCUT2D eigenvalue weighted by atomic mass is 32.2. The first-order chi connectivity index (χ1) is 12.3. The number of rotatable bonds is 5. The van der Waals surface area contributed by atoms with E-state index in [-0.39, 0.29) is 11.5 Å². The van der Waals surface area contributed by atoms with E-state index in [2.05, 4.69) is 4.72 Å². The van der Waals surface area contributed by atoms with Gasteiger partial charge in [-0.15, -0.1) is 0 Å². The van der Waals surface area contributed by atoms with Crippen LogP contribution in [-0.4, -0.2) is 21.0 Å². The first-order valence-electron chi connectivity index (χ1n) is 8.12. The molecule has 0 unspecified atom stereocenters. The van der Waals surface area contributed by atoms with Crippen LogP contribution in [0.4, 0.5) is 5.69 Å². The van der Waals surface area contributed by atoms with E-state index in [1.165, 1.54) is 0 Å². The van der Waals surface area contributed by atoms with Crippen molar-refractivity contribution in [1.82, 2.24) is 0 Å². The quantitative estimate of drug-likeness (QED) is 0.683. The van der Waals surface area contributed by atoms with Gasteiger partial charge in [-0.25, -0.2) is 13.2 Å². The number of esters is 1. The van der Waals surface area contributed by atoms with Gasteiger partial charge in [0.25, 0.3) is 10.0 Å². The predicted molar refractivity (Wildman–Crippen MR) is 98.9 cm³/mol. The summed E-state index contributed by atoms with van der Waals surface area (Å²) in [7, 11) is -3.75. The Balaban J connectivity index is 2.03. The number of hydrogen-bond acceptors (Lipinski definition) is 5. The lowest BCUT2D eigenvalue weighted by molar-refractivity contribution is 0.0526. The van der Waals surface area contributed by atoms with Crippen LogP contribution in [0.3, 0.4) is 0 Å². The van der Waals surface area contributed by atoms with E-state index in [0.29, 0.717) is 33.5 Å². The lowest BCUT2D eigenvalue weighted by Gasteiger charge is -2.10. The average Bonchev–Trinajstić information content (AvgIpc) is 2.90. The van der Waals surface area contributed by atoms with Crippen LogP contribution in [0.5, 0.6) is 0 Å². The average molecular weight is 373 g/mol.